The number of rotatable bonds is 8. The molecule has 1 aliphatic rings. The highest BCUT2D eigenvalue weighted by Gasteiger charge is 2.27. The van der Waals surface area contributed by atoms with E-state index in [1.165, 1.54) is 0 Å². The molecule has 31 heavy (non-hydrogen) atoms. The topological polar surface area (TPSA) is 102 Å². The smallest absolute Gasteiger partial charge is 0.339 e. The zero-order valence-corrected chi connectivity index (χ0v) is 17.9. The molecule has 0 unspecified atom stereocenters. The third-order valence-electron chi connectivity index (χ3n) is 5.16. The number of hydrogen-bond acceptors (Lipinski definition) is 5. The summed E-state index contributed by atoms with van der Waals surface area (Å²) in [6.45, 7) is 5.35. The number of esters is 1. The maximum absolute atomic E-state index is 12.3. The van der Waals surface area contributed by atoms with Crippen molar-refractivity contribution in [2.75, 3.05) is 6.61 Å². The Balaban J connectivity index is 1.62. The quantitative estimate of drug-likeness (QED) is 0.628. The van der Waals surface area contributed by atoms with Gasteiger partial charge in [-0.3, -0.25) is 4.79 Å². The maximum Gasteiger partial charge on any atom is 0.339 e. The van der Waals surface area contributed by atoms with Crippen LogP contribution in [0.3, 0.4) is 0 Å². The largest absolute Gasteiger partial charge is 0.484 e. The van der Waals surface area contributed by atoms with Crippen LogP contribution < -0.4 is 10.1 Å². The van der Waals surface area contributed by atoms with Crippen LogP contribution in [0.5, 0.6) is 5.75 Å². The van der Waals surface area contributed by atoms with E-state index in [1.807, 2.05) is 51.1 Å². The molecular weight excluding hydrogens is 398 g/mol. The standard InChI is InChI=1S/C24H27NO6/c1-14(2)10-19(23(27)28)25-22(26)13-30-20-9-8-17(11-15(20)3)21-12-16-6-4-5-7-18(16)24(29)31-21/h4-9,11,14,19,21H,10,12-13H2,1-3H3,(H,25,26)(H,27,28)/t19-,21+/m0/s1. The lowest BCUT2D eigenvalue weighted by atomic mass is 9.94. The number of carbonyl (C=O) groups excluding carboxylic acids is 2. The maximum atomic E-state index is 12.3. The predicted molar refractivity (Wildman–Crippen MR) is 114 cm³/mol. The number of aryl methyl sites for hydroxylation is 1. The van der Waals surface area contributed by atoms with Crippen LogP contribution in [0.25, 0.3) is 0 Å². The van der Waals surface area contributed by atoms with Crippen molar-refractivity contribution in [2.45, 2.75) is 45.8 Å². The number of aliphatic carboxylic acids is 1. The molecule has 0 saturated carbocycles. The van der Waals surface area contributed by atoms with Gasteiger partial charge < -0.3 is 19.9 Å². The van der Waals surface area contributed by atoms with Gasteiger partial charge in [0.15, 0.2) is 6.61 Å². The summed E-state index contributed by atoms with van der Waals surface area (Å²) in [7, 11) is 0. The van der Waals surface area contributed by atoms with Crippen LogP contribution >= 0.6 is 0 Å². The molecule has 7 nitrogen and oxygen atoms in total. The molecule has 1 amide bonds. The first-order chi connectivity index (χ1) is 14.7. The monoisotopic (exact) mass is 425 g/mol. The highest BCUT2D eigenvalue weighted by molar-refractivity contribution is 5.92. The summed E-state index contributed by atoms with van der Waals surface area (Å²) in [5, 5.41) is 11.7. The number of carbonyl (C=O) groups is 3. The fourth-order valence-electron chi connectivity index (χ4n) is 3.62. The summed E-state index contributed by atoms with van der Waals surface area (Å²) < 4.78 is 11.2. The number of benzene rings is 2. The molecule has 0 bridgehead atoms. The average Bonchev–Trinajstić information content (AvgIpc) is 2.72. The van der Waals surface area contributed by atoms with Crippen molar-refractivity contribution in [3.8, 4) is 5.75 Å². The van der Waals surface area contributed by atoms with E-state index in [0.717, 1.165) is 16.7 Å². The molecule has 164 valence electrons. The van der Waals surface area contributed by atoms with Crippen molar-refractivity contribution >= 4 is 17.8 Å². The van der Waals surface area contributed by atoms with Gasteiger partial charge in [-0.15, -0.1) is 0 Å². The predicted octanol–water partition coefficient (Wildman–Crippen LogP) is 3.44. The van der Waals surface area contributed by atoms with E-state index >= 15 is 0 Å². The van der Waals surface area contributed by atoms with E-state index in [2.05, 4.69) is 5.32 Å². The van der Waals surface area contributed by atoms with E-state index in [1.54, 1.807) is 12.1 Å². The Morgan fingerprint density at radius 1 is 1.23 bits per heavy atom. The lowest BCUT2D eigenvalue weighted by Gasteiger charge is -2.25. The number of ether oxygens (including phenoxy) is 2. The first-order valence-electron chi connectivity index (χ1n) is 10.3. The van der Waals surface area contributed by atoms with Crippen molar-refractivity contribution in [1.29, 1.82) is 0 Å². The number of nitrogens with one attached hydrogen (secondary N) is 1. The van der Waals surface area contributed by atoms with Gasteiger partial charge in [0.05, 0.1) is 5.56 Å². The number of hydrogen-bond donors (Lipinski definition) is 2. The van der Waals surface area contributed by atoms with Crippen molar-refractivity contribution in [2.24, 2.45) is 5.92 Å². The molecule has 0 saturated heterocycles. The van der Waals surface area contributed by atoms with Gasteiger partial charge in [-0.1, -0.05) is 38.1 Å². The average molecular weight is 425 g/mol. The number of carboxylic acid groups (broad SMARTS) is 1. The number of amides is 1. The van der Waals surface area contributed by atoms with Crippen LogP contribution in [0.15, 0.2) is 42.5 Å². The lowest BCUT2D eigenvalue weighted by molar-refractivity contribution is -0.142. The summed E-state index contributed by atoms with van der Waals surface area (Å²) in [4.78, 5) is 35.7. The van der Waals surface area contributed by atoms with Gasteiger partial charge in [0.1, 0.15) is 17.9 Å². The minimum atomic E-state index is -1.06. The van der Waals surface area contributed by atoms with Crippen LogP contribution in [-0.4, -0.2) is 35.6 Å². The van der Waals surface area contributed by atoms with Crippen LogP contribution in [0.4, 0.5) is 0 Å². The van der Waals surface area contributed by atoms with Gasteiger partial charge >= 0.3 is 11.9 Å². The van der Waals surface area contributed by atoms with Crippen LogP contribution in [0, 0.1) is 12.8 Å². The van der Waals surface area contributed by atoms with Crippen molar-refractivity contribution in [1.82, 2.24) is 5.32 Å². The fraction of sp³-hybridized carbons (Fsp3) is 0.375. The van der Waals surface area contributed by atoms with Gasteiger partial charge in [-0.05, 0) is 54.2 Å². The first-order valence-corrected chi connectivity index (χ1v) is 10.3. The first kappa shape index (κ1) is 22.3. The Hall–Kier alpha value is -3.35. The van der Waals surface area contributed by atoms with E-state index < -0.39 is 17.9 Å². The van der Waals surface area contributed by atoms with Gasteiger partial charge in [-0.2, -0.15) is 0 Å². The molecule has 2 aromatic carbocycles. The van der Waals surface area contributed by atoms with Gasteiger partial charge in [0.2, 0.25) is 0 Å². The molecule has 1 heterocycles. The SMILES string of the molecule is Cc1cc([C@H]2Cc3ccccc3C(=O)O2)ccc1OCC(=O)N[C@@H](CC(C)C)C(=O)O. The fourth-order valence-corrected chi connectivity index (χ4v) is 3.62. The molecule has 0 aliphatic carbocycles. The Labute approximate surface area is 181 Å². The Morgan fingerprint density at radius 2 is 1.97 bits per heavy atom. The third kappa shape index (κ3) is 5.63. The van der Waals surface area contributed by atoms with E-state index in [-0.39, 0.29) is 24.6 Å². The van der Waals surface area contributed by atoms with Crippen molar-refractivity contribution < 1.29 is 29.0 Å². The summed E-state index contributed by atoms with van der Waals surface area (Å²) in [6, 6.07) is 11.9. The number of cyclic esters (lactones) is 1. The molecule has 0 fully saturated rings. The van der Waals surface area contributed by atoms with E-state index in [0.29, 0.717) is 24.2 Å². The minimum absolute atomic E-state index is 0.137. The Morgan fingerprint density at radius 3 is 2.65 bits per heavy atom. The highest BCUT2D eigenvalue weighted by atomic mass is 16.5. The molecular formula is C24H27NO6. The Kier molecular flexibility index (Phi) is 6.95. The van der Waals surface area contributed by atoms with Crippen molar-refractivity contribution in [3.05, 3.63) is 64.7 Å². The molecule has 0 radical (unpaired) electrons. The molecule has 2 N–H and O–H groups in total. The molecule has 2 aromatic rings. The van der Waals surface area contributed by atoms with Crippen LogP contribution in [0.1, 0.15) is 53.4 Å². The number of carboxylic acids is 1. The summed E-state index contributed by atoms with van der Waals surface area (Å²) in [5.74, 6) is -1.24. The molecule has 7 heteroatoms. The van der Waals surface area contributed by atoms with E-state index in [9.17, 15) is 19.5 Å². The lowest BCUT2D eigenvalue weighted by Crippen LogP contribution is -2.43. The van der Waals surface area contributed by atoms with Crippen molar-refractivity contribution in [3.63, 3.8) is 0 Å². The molecule has 2 atom stereocenters. The van der Waals surface area contributed by atoms with Crippen LogP contribution in [-0.2, 0) is 20.7 Å². The second-order valence-electron chi connectivity index (χ2n) is 8.16. The Bertz CT molecular complexity index is 984. The molecule has 0 spiro atoms. The number of fused-ring (bicyclic) bond motifs is 1. The molecule has 3 rings (SSSR count). The summed E-state index contributed by atoms with van der Waals surface area (Å²) in [6.07, 6.45) is 0.555. The van der Waals surface area contributed by atoms with Gasteiger partial charge in [0, 0.05) is 6.42 Å². The second kappa shape index (κ2) is 9.64. The highest BCUT2D eigenvalue weighted by Crippen LogP contribution is 2.32. The van der Waals surface area contributed by atoms with Gasteiger partial charge in [0.25, 0.3) is 5.91 Å². The third-order valence-corrected chi connectivity index (χ3v) is 5.16. The summed E-state index contributed by atoms with van der Waals surface area (Å²) >= 11 is 0. The normalized spacial score (nSPS) is 16.3. The zero-order valence-electron chi connectivity index (χ0n) is 17.9. The molecule has 0 aromatic heterocycles. The molecule has 1 aliphatic heterocycles. The summed E-state index contributed by atoms with van der Waals surface area (Å²) in [5.41, 5.74) is 3.18. The zero-order chi connectivity index (χ0) is 22.5. The second-order valence-corrected chi connectivity index (χ2v) is 8.16. The van der Waals surface area contributed by atoms with Gasteiger partial charge in [-0.25, -0.2) is 9.59 Å². The minimum Gasteiger partial charge on any atom is -0.484 e. The van der Waals surface area contributed by atoms with Crippen LogP contribution in [0.2, 0.25) is 0 Å². The van der Waals surface area contributed by atoms with E-state index in [4.69, 9.17) is 9.47 Å².